The molecule has 1 amide bonds. The van der Waals surface area contributed by atoms with Gasteiger partial charge in [-0.15, -0.1) is 0 Å². The van der Waals surface area contributed by atoms with E-state index < -0.39 is 21.7 Å². The first kappa shape index (κ1) is 21.2. The fourth-order valence-corrected chi connectivity index (χ4v) is 5.90. The minimum absolute atomic E-state index is 0.391. The van der Waals surface area contributed by atoms with Crippen molar-refractivity contribution < 1.29 is 9.32 Å². The summed E-state index contributed by atoms with van der Waals surface area (Å²) in [7, 11) is 0. The minimum Gasteiger partial charge on any atom is -0.334 e. The van der Waals surface area contributed by atoms with Crippen LogP contribution in [0.25, 0.3) is 0 Å². The molecule has 0 heterocycles. The third-order valence-electron chi connectivity index (χ3n) is 2.75. The molecule has 0 aliphatic carbocycles. The molecular weight excluding hydrogens is 398 g/mol. The Morgan fingerprint density at radius 1 is 1.26 bits per heavy atom. The molecule has 0 aliphatic heterocycles. The first-order valence-electron chi connectivity index (χ1n) is 6.91. The van der Waals surface area contributed by atoms with Gasteiger partial charge in [0.2, 0.25) is 0 Å². The molecule has 0 bridgehead atoms. The van der Waals surface area contributed by atoms with Gasteiger partial charge >= 0.3 is 0 Å². The van der Waals surface area contributed by atoms with Crippen LogP contribution >= 0.6 is 41.2 Å². The highest BCUT2D eigenvalue weighted by Crippen LogP contribution is 2.52. The lowest BCUT2D eigenvalue weighted by Gasteiger charge is -2.43. The van der Waals surface area contributed by atoms with Crippen LogP contribution in [0.1, 0.15) is 27.7 Å². The molecule has 1 aromatic rings. The van der Waals surface area contributed by atoms with Gasteiger partial charge in [0.05, 0.1) is 6.61 Å². The third kappa shape index (κ3) is 5.57. The first-order chi connectivity index (χ1) is 10.4. The lowest BCUT2D eigenvalue weighted by atomic mass is 10.1. The number of benzene rings is 1. The van der Waals surface area contributed by atoms with Gasteiger partial charge in [0.15, 0.2) is 6.42 Å². The Labute approximate surface area is 157 Å². The molecule has 0 saturated heterocycles. The molecule has 0 aliphatic rings. The van der Waals surface area contributed by atoms with Gasteiger partial charge in [0.1, 0.15) is 0 Å². The molecule has 0 fully saturated rings. The van der Waals surface area contributed by atoms with E-state index in [1.165, 1.54) is 0 Å². The van der Waals surface area contributed by atoms with E-state index >= 15 is 0 Å². The van der Waals surface area contributed by atoms with Crippen LogP contribution in [0, 0.1) is 0 Å². The fourth-order valence-electron chi connectivity index (χ4n) is 1.83. The minimum atomic E-state index is -2.77. The summed E-state index contributed by atoms with van der Waals surface area (Å²) >= 11 is 22.9. The number of nitrogens with zero attached hydrogens (tertiary/aromatic N) is 1. The lowest BCUT2D eigenvalue weighted by Crippen LogP contribution is -2.54. The van der Waals surface area contributed by atoms with Gasteiger partial charge in [0, 0.05) is 10.8 Å². The largest absolute Gasteiger partial charge is 0.334 e. The fraction of sp³-hybridized carbons (Fsp3) is 0.500. The summed E-state index contributed by atoms with van der Waals surface area (Å²) in [5.41, 5.74) is 2.09. The zero-order valence-electron chi connectivity index (χ0n) is 13.3. The van der Waals surface area contributed by atoms with Crippen LogP contribution in [-0.4, -0.2) is 26.6 Å². The number of amides is 1. The number of alkyl halides is 3. The second kappa shape index (κ2) is 8.01. The standard InChI is InChI=1S/C14H20Cl3N2O2PS/c1-5-21-22(23,11-9-7-6-8-10-11)19(13(2,3)4)18-12(20)14(15,16)17/h6-10H,5H2,1-4H3,(H,18,20). The van der Waals surface area contributed by atoms with E-state index in [1.54, 1.807) is 4.78 Å². The maximum absolute atomic E-state index is 12.2. The number of hydrazine groups is 1. The van der Waals surface area contributed by atoms with Gasteiger partial charge in [-0.3, -0.25) is 10.2 Å². The van der Waals surface area contributed by atoms with E-state index in [1.807, 2.05) is 58.0 Å². The number of halogens is 3. The summed E-state index contributed by atoms with van der Waals surface area (Å²) in [6.45, 7) is 7.93. The number of carbonyl (C=O) groups excluding carboxylic acids is 1. The normalized spacial score (nSPS) is 15.3. The molecule has 23 heavy (non-hydrogen) atoms. The van der Waals surface area contributed by atoms with Crippen LogP contribution in [-0.2, 0) is 21.1 Å². The van der Waals surface area contributed by atoms with Crippen LogP contribution in [0.15, 0.2) is 30.3 Å². The molecule has 1 aromatic carbocycles. The number of hydrogen-bond donors (Lipinski definition) is 1. The predicted octanol–water partition coefficient (Wildman–Crippen LogP) is 4.16. The number of carbonyl (C=O) groups is 1. The highest BCUT2D eigenvalue weighted by Gasteiger charge is 2.41. The van der Waals surface area contributed by atoms with Crippen LogP contribution < -0.4 is 10.7 Å². The Balaban J connectivity index is 3.36. The molecule has 0 saturated carbocycles. The van der Waals surface area contributed by atoms with Crippen LogP contribution in [0.5, 0.6) is 0 Å². The van der Waals surface area contributed by atoms with Crippen molar-refractivity contribution in [1.29, 1.82) is 0 Å². The Morgan fingerprint density at radius 2 is 1.78 bits per heavy atom. The van der Waals surface area contributed by atoms with Crippen molar-refractivity contribution in [3.8, 4) is 0 Å². The highest BCUT2D eigenvalue weighted by molar-refractivity contribution is 8.14. The van der Waals surface area contributed by atoms with Gasteiger partial charge in [0.25, 0.3) is 9.70 Å². The van der Waals surface area contributed by atoms with Gasteiger partial charge in [-0.1, -0.05) is 65.1 Å². The molecule has 0 aromatic heterocycles. The summed E-state index contributed by atoms with van der Waals surface area (Å²) in [5, 5.41) is 0.802. The van der Waals surface area contributed by atoms with Gasteiger partial charge in [-0.2, -0.15) is 4.78 Å². The Morgan fingerprint density at radius 3 is 2.17 bits per heavy atom. The molecule has 1 atom stereocenters. The SMILES string of the molecule is CCOP(=S)(c1ccccc1)N(NC(=O)C(Cl)(Cl)Cl)C(C)(C)C. The molecule has 9 heteroatoms. The number of nitrogens with one attached hydrogen (secondary N) is 1. The van der Waals surface area contributed by atoms with E-state index in [0.29, 0.717) is 6.61 Å². The first-order valence-corrected chi connectivity index (χ1v) is 10.7. The molecule has 0 radical (unpaired) electrons. The predicted molar refractivity (Wildman–Crippen MR) is 102 cm³/mol. The van der Waals surface area contributed by atoms with E-state index in [0.717, 1.165) is 5.30 Å². The quantitative estimate of drug-likeness (QED) is 0.444. The zero-order chi connectivity index (χ0) is 17.9. The van der Waals surface area contributed by atoms with Crippen molar-refractivity contribution in [3.63, 3.8) is 0 Å². The molecule has 4 nitrogen and oxygen atoms in total. The topological polar surface area (TPSA) is 41.6 Å². The molecule has 130 valence electrons. The van der Waals surface area contributed by atoms with Gasteiger partial charge in [-0.05, 0) is 39.5 Å². The van der Waals surface area contributed by atoms with E-state index in [-0.39, 0.29) is 0 Å². The summed E-state index contributed by atoms with van der Waals surface area (Å²) in [6.07, 6.45) is -2.77. The summed E-state index contributed by atoms with van der Waals surface area (Å²) in [5.74, 6) is -0.776. The summed E-state index contributed by atoms with van der Waals surface area (Å²) in [6, 6.07) is 9.36. The van der Waals surface area contributed by atoms with Crippen LogP contribution in [0.4, 0.5) is 0 Å². The summed E-state index contributed by atoms with van der Waals surface area (Å²) < 4.78 is 5.43. The Bertz CT molecular complexity index is 588. The van der Waals surface area contributed by atoms with E-state index in [9.17, 15) is 4.79 Å². The van der Waals surface area contributed by atoms with Gasteiger partial charge in [-0.25, -0.2) is 0 Å². The monoisotopic (exact) mass is 416 g/mol. The van der Waals surface area contributed by atoms with Crippen LogP contribution in [0.3, 0.4) is 0 Å². The van der Waals surface area contributed by atoms with Crippen molar-refractivity contribution in [3.05, 3.63) is 30.3 Å². The number of rotatable bonds is 5. The lowest BCUT2D eigenvalue weighted by molar-refractivity contribution is -0.124. The second-order valence-electron chi connectivity index (χ2n) is 5.70. The van der Waals surface area contributed by atoms with Crippen LogP contribution in [0.2, 0.25) is 0 Å². The van der Waals surface area contributed by atoms with Gasteiger partial charge < -0.3 is 4.52 Å². The van der Waals surface area contributed by atoms with Crippen molar-refractivity contribution >= 4 is 64.2 Å². The van der Waals surface area contributed by atoms with E-state index in [4.69, 9.17) is 51.1 Å². The average molecular weight is 418 g/mol. The van der Waals surface area contributed by atoms with E-state index in [2.05, 4.69) is 5.43 Å². The molecule has 0 spiro atoms. The smallest absolute Gasteiger partial charge is 0.286 e. The van der Waals surface area contributed by atoms with Crippen molar-refractivity contribution in [2.24, 2.45) is 0 Å². The number of hydrogen-bond acceptors (Lipinski definition) is 3. The Hall–Kier alpha value is 0.130. The van der Waals surface area contributed by atoms with Crippen molar-refractivity contribution in [1.82, 2.24) is 10.2 Å². The Kier molecular flexibility index (Phi) is 7.37. The zero-order valence-corrected chi connectivity index (χ0v) is 17.3. The molecule has 1 rings (SSSR count). The molecule has 1 unspecified atom stereocenters. The second-order valence-corrected chi connectivity index (χ2v) is 11.7. The summed E-state index contributed by atoms with van der Waals surface area (Å²) in [4.78, 5) is 12.2. The average Bonchev–Trinajstić information content (AvgIpc) is 2.43. The maximum atomic E-state index is 12.2. The maximum Gasteiger partial charge on any atom is 0.286 e. The molecule has 1 N–H and O–H groups in total. The van der Waals surface area contributed by atoms with Crippen molar-refractivity contribution in [2.45, 2.75) is 37.0 Å². The third-order valence-corrected chi connectivity index (χ3v) is 7.49. The van der Waals surface area contributed by atoms with Crippen molar-refractivity contribution in [2.75, 3.05) is 6.61 Å². The molecular formula is C14H20Cl3N2O2PS. The highest BCUT2D eigenvalue weighted by atomic mass is 35.6.